The zero-order valence-electron chi connectivity index (χ0n) is 11.2. The lowest BCUT2D eigenvalue weighted by molar-refractivity contribution is -0.0246. The molecule has 0 aromatic carbocycles. The standard InChI is InChI=1S/C14H25NO3/c1-2-12(16-8-1)3-9-17-13-10-14(18-11-13)4-6-15-7-5-14/h12-13,15H,1-11H2. The van der Waals surface area contributed by atoms with Gasteiger partial charge in [0.05, 0.1) is 24.4 Å². The van der Waals surface area contributed by atoms with Crippen LogP contribution in [0.1, 0.15) is 38.5 Å². The van der Waals surface area contributed by atoms with Gasteiger partial charge in [-0.15, -0.1) is 0 Å². The van der Waals surface area contributed by atoms with Crippen LogP contribution >= 0.6 is 0 Å². The van der Waals surface area contributed by atoms with Gasteiger partial charge in [-0.2, -0.15) is 0 Å². The van der Waals surface area contributed by atoms with E-state index in [4.69, 9.17) is 14.2 Å². The van der Waals surface area contributed by atoms with Crippen molar-refractivity contribution in [1.29, 1.82) is 0 Å². The van der Waals surface area contributed by atoms with E-state index in [1.807, 2.05) is 0 Å². The molecule has 3 rings (SSSR count). The van der Waals surface area contributed by atoms with Crippen molar-refractivity contribution in [3.8, 4) is 0 Å². The second-order valence-electron chi connectivity index (χ2n) is 5.86. The Morgan fingerprint density at radius 1 is 1.28 bits per heavy atom. The van der Waals surface area contributed by atoms with Gasteiger partial charge >= 0.3 is 0 Å². The van der Waals surface area contributed by atoms with Crippen LogP contribution in [0, 0.1) is 0 Å². The molecule has 4 nitrogen and oxygen atoms in total. The molecule has 3 aliphatic rings. The van der Waals surface area contributed by atoms with Gasteiger partial charge in [-0.3, -0.25) is 0 Å². The molecular weight excluding hydrogens is 230 g/mol. The number of hydrogen-bond donors (Lipinski definition) is 1. The number of hydrogen-bond acceptors (Lipinski definition) is 4. The molecule has 0 saturated carbocycles. The molecule has 0 amide bonds. The first kappa shape index (κ1) is 12.9. The maximum atomic E-state index is 6.02. The molecule has 0 aromatic rings. The van der Waals surface area contributed by atoms with E-state index in [9.17, 15) is 0 Å². The minimum atomic E-state index is 0.125. The van der Waals surface area contributed by atoms with Crippen LogP contribution in [-0.2, 0) is 14.2 Å². The zero-order valence-corrected chi connectivity index (χ0v) is 11.2. The second-order valence-corrected chi connectivity index (χ2v) is 5.86. The first-order valence-corrected chi connectivity index (χ1v) is 7.44. The van der Waals surface area contributed by atoms with Gasteiger partial charge in [0.1, 0.15) is 0 Å². The SMILES string of the molecule is C1COC(CCOC2COC3(CCNCC3)C2)C1. The Morgan fingerprint density at radius 3 is 2.94 bits per heavy atom. The van der Waals surface area contributed by atoms with Crippen LogP contribution < -0.4 is 5.32 Å². The van der Waals surface area contributed by atoms with E-state index in [-0.39, 0.29) is 5.60 Å². The third kappa shape index (κ3) is 3.05. The summed E-state index contributed by atoms with van der Waals surface area (Å²) in [5.74, 6) is 0. The molecule has 2 atom stereocenters. The summed E-state index contributed by atoms with van der Waals surface area (Å²) in [5, 5.41) is 3.39. The summed E-state index contributed by atoms with van der Waals surface area (Å²) >= 11 is 0. The maximum absolute atomic E-state index is 6.02. The molecule has 0 radical (unpaired) electrons. The molecular formula is C14H25NO3. The largest absolute Gasteiger partial charge is 0.378 e. The summed E-state index contributed by atoms with van der Waals surface area (Å²) in [5.41, 5.74) is 0.125. The van der Waals surface area contributed by atoms with Crippen molar-refractivity contribution in [2.24, 2.45) is 0 Å². The Morgan fingerprint density at radius 2 is 2.17 bits per heavy atom. The lowest BCUT2D eigenvalue weighted by atomic mass is 9.89. The van der Waals surface area contributed by atoms with E-state index >= 15 is 0 Å². The molecule has 0 aromatic heterocycles. The minimum absolute atomic E-state index is 0.125. The highest BCUT2D eigenvalue weighted by Gasteiger charge is 2.41. The number of nitrogens with one attached hydrogen (secondary N) is 1. The molecule has 18 heavy (non-hydrogen) atoms. The molecule has 3 aliphatic heterocycles. The summed E-state index contributed by atoms with van der Waals surface area (Å²) in [6.45, 7) is 4.72. The summed E-state index contributed by atoms with van der Waals surface area (Å²) in [7, 11) is 0. The Balaban J connectivity index is 1.36. The van der Waals surface area contributed by atoms with Crippen LogP contribution in [0.25, 0.3) is 0 Å². The van der Waals surface area contributed by atoms with Crippen LogP contribution in [0.5, 0.6) is 0 Å². The molecule has 0 bridgehead atoms. The van der Waals surface area contributed by atoms with Gasteiger partial charge in [-0.25, -0.2) is 0 Å². The van der Waals surface area contributed by atoms with Gasteiger partial charge in [-0.05, 0) is 45.2 Å². The topological polar surface area (TPSA) is 39.7 Å². The zero-order chi connectivity index (χ0) is 12.3. The molecule has 3 heterocycles. The van der Waals surface area contributed by atoms with Gasteiger partial charge in [0.25, 0.3) is 0 Å². The van der Waals surface area contributed by atoms with Gasteiger partial charge in [0.2, 0.25) is 0 Å². The Bertz CT molecular complexity index is 260. The lowest BCUT2D eigenvalue weighted by Crippen LogP contribution is -2.41. The second kappa shape index (κ2) is 5.87. The first-order chi connectivity index (χ1) is 8.86. The third-order valence-corrected chi connectivity index (χ3v) is 4.51. The highest BCUT2D eigenvalue weighted by atomic mass is 16.6. The van der Waals surface area contributed by atoms with Crippen molar-refractivity contribution in [1.82, 2.24) is 5.32 Å². The van der Waals surface area contributed by atoms with E-state index in [2.05, 4.69) is 5.32 Å². The number of piperidine rings is 1. The van der Waals surface area contributed by atoms with Gasteiger partial charge in [-0.1, -0.05) is 0 Å². The molecule has 104 valence electrons. The molecule has 0 aliphatic carbocycles. The van der Waals surface area contributed by atoms with Crippen LogP contribution in [-0.4, -0.2) is 50.7 Å². The molecule has 2 unspecified atom stereocenters. The number of ether oxygens (including phenoxy) is 3. The molecule has 3 fully saturated rings. The average Bonchev–Trinajstić information content (AvgIpc) is 3.02. The van der Waals surface area contributed by atoms with Gasteiger partial charge < -0.3 is 19.5 Å². The van der Waals surface area contributed by atoms with Crippen molar-refractivity contribution < 1.29 is 14.2 Å². The van der Waals surface area contributed by atoms with Crippen LogP contribution in [0.2, 0.25) is 0 Å². The monoisotopic (exact) mass is 255 g/mol. The van der Waals surface area contributed by atoms with E-state index in [0.29, 0.717) is 12.2 Å². The highest BCUT2D eigenvalue weighted by Crippen LogP contribution is 2.35. The van der Waals surface area contributed by atoms with Gasteiger partial charge in [0.15, 0.2) is 0 Å². The fourth-order valence-electron chi connectivity index (χ4n) is 3.38. The summed E-state index contributed by atoms with van der Waals surface area (Å²) in [4.78, 5) is 0. The average molecular weight is 255 g/mol. The quantitative estimate of drug-likeness (QED) is 0.826. The Hall–Kier alpha value is -0.160. The smallest absolute Gasteiger partial charge is 0.0836 e. The fourth-order valence-corrected chi connectivity index (χ4v) is 3.38. The van der Waals surface area contributed by atoms with Crippen molar-refractivity contribution in [2.45, 2.75) is 56.3 Å². The van der Waals surface area contributed by atoms with E-state index in [1.54, 1.807) is 0 Å². The van der Waals surface area contributed by atoms with Crippen molar-refractivity contribution in [3.05, 3.63) is 0 Å². The maximum Gasteiger partial charge on any atom is 0.0836 e. The normalized spacial score (nSPS) is 35.3. The van der Waals surface area contributed by atoms with Gasteiger partial charge in [0, 0.05) is 19.6 Å². The Kier molecular flexibility index (Phi) is 4.19. The van der Waals surface area contributed by atoms with Crippen LogP contribution in [0.4, 0.5) is 0 Å². The number of rotatable bonds is 4. The summed E-state index contributed by atoms with van der Waals surface area (Å²) in [6, 6.07) is 0. The van der Waals surface area contributed by atoms with Crippen molar-refractivity contribution in [3.63, 3.8) is 0 Å². The molecule has 1 spiro atoms. The Labute approximate surface area is 109 Å². The van der Waals surface area contributed by atoms with Crippen LogP contribution in [0.15, 0.2) is 0 Å². The third-order valence-electron chi connectivity index (χ3n) is 4.51. The van der Waals surface area contributed by atoms with E-state index in [1.165, 1.54) is 12.8 Å². The first-order valence-electron chi connectivity index (χ1n) is 7.44. The van der Waals surface area contributed by atoms with E-state index < -0.39 is 0 Å². The fraction of sp³-hybridized carbons (Fsp3) is 1.00. The van der Waals surface area contributed by atoms with Crippen molar-refractivity contribution >= 4 is 0 Å². The molecule has 3 saturated heterocycles. The predicted octanol–water partition coefficient (Wildman–Crippen LogP) is 1.48. The summed E-state index contributed by atoms with van der Waals surface area (Å²) in [6.07, 6.45) is 7.58. The van der Waals surface area contributed by atoms with Crippen LogP contribution in [0.3, 0.4) is 0 Å². The highest BCUT2D eigenvalue weighted by molar-refractivity contribution is 4.93. The molecule has 4 heteroatoms. The molecule has 1 N–H and O–H groups in total. The van der Waals surface area contributed by atoms with E-state index in [0.717, 1.165) is 58.6 Å². The predicted molar refractivity (Wildman–Crippen MR) is 68.7 cm³/mol. The van der Waals surface area contributed by atoms with Crippen molar-refractivity contribution in [2.75, 3.05) is 32.9 Å². The minimum Gasteiger partial charge on any atom is -0.378 e. The summed E-state index contributed by atoms with van der Waals surface area (Å²) < 4.78 is 17.6. The lowest BCUT2D eigenvalue weighted by Gasteiger charge is -2.32.